The molecule has 0 spiro atoms. The Morgan fingerprint density at radius 3 is 2.52 bits per heavy atom. The fourth-order valence-corrected chi connectivity index (χ4v) is 3.04. The number of nitrogens with one attached hydrogen (secondary N) is 1. The van der Waals surface area contributed by atoms with Crippen molar-refractivity contribution in [3.8, 4) is 0 Å². The van der Waals surface area contributed by atoms with Crippen LogP contribution in [0.3, 0.4) is 0 Å². The van der Waals surface area contributed by atoms with Gasteiger partial charge in [-0.25, -0.2) is 4.39 Å². The van der Waals surface area contributed by atoms with Gasteiger partial charge in [0.15, 0.2) is 0 Å². The fraction of sp³-hybridized carbons (Fsp3) is 0.588. The molecule has 3 nitrogen and oxygen atoms in total. The number of benzene rings is 1. The summed E-state index contributed by atoms with van der Waals surface area (Å²) in [5, 5.41) is 3.32. The lowest BCUT2D eigenvalue weighted by Gasteiger charge is -2.31. The molecule has 116 valence electrons. The Balaban J connectivity index is 1.99. The molecule has 1 heterocycles. The minimum atomic E-state index is -0.241. The number of hydrogen-bond acceptors (Lipinski definition) is 2. The van der Waals surface area contributed by atoms with Crippen molar-refractivity contribution in [2.24, 2.45) is 5.92 Å². The molecule has 1 unspecified atom stereocenters. The van der Waals surface area contributed by atoms with Crippen LogP contribution in [-0.4, -0.2) is 30.4 Å². The topological polar surface area (TPSA) is 32.3 Å². The van der Waals surface area contributed by atoms with E-state index in [2.05, 4.69) is 5.32 Å². The first kappa shape index (κ1) is 16.0. The monoisotopic (exact) mass is 292 g/mol. The number of carbonyl (C=O) groups excluding carboxylic acids is 1. The molecule has 0 radical (unpaired) electrons. The van der Waals surface area contributed by atoms with E-state index in [4.69, 9.17) is 0 Å². The van der Waals surface area contributed by atoms with E-state index >= 15 is 0 Å². The third-order valence-corrected chi connectivity index (χ3v) is 4.40. The molecule has 4 heteroatoms. The van der Waals surface area contributed by atoms with Gasteiger partial charge in [0.2, 0.25) is 5.91 Å². The van der Waals surface area contributed by atoms with E-state index in [0.29, 0.717) is 18.9 Å². The fourth-order valence-electron chi connectivity index (χ4n) is 3.04. The maximum atomic E-state index is 13.0. The van der Waals surface area contributed by atoms with Crippen molar-refractivity contribution in [3.63, 3.8) is 0 Å². The van der Waals surface area contributed by atoms with Gasteiger partial charge in [0.25, 0.3) is 0 Å². The lowest BCUT2D eigenvalue weighted by molar-refractivity contribution is -0.134. The zero-order valence-corrected chi connectivity index (χ0v) is 12.9. The van der Waals surface area contributed by atoms with E-state index in [0.717, 1.165) is 31.5 Å². The standard InChI is InChI=1S/C17H25FN2O/c1-3-20(13(2)15-4-6-16(18)7-5-15)17(21)12-14-8-10-19-11-9-14/h4-7,13-14,19H,3,8-12H2,1-2H3. The lowest BCUT2D eigenvalue weighted by atomic mass is 9.93. The highest BCUT2D eigenvalue weighted by Gasteiger charge is 2.24. The van der Waals surface area contributed by atoms with Crippen molar-refractivity contribution in [3.05, 3.63) is 35.6 Å². The molecule has 2 rings (SSSR count). The molecule has 0 saturated carbocycles. The molecule has 1 fully saturated rings. The highest BCUT2D eigenvalue weighted by Crippen LogP contribution is 2.24. The van der Waals surface area contributed by atoms with E-state index in [-0.39, 0.29) is 17.8 Å². The van der Waals surface area contributed by atoms with Crippen LogP contribution < -0.4 is 5.32 Å². The van der Waals surface area contributed by atoms with Gasteiger partial charge in [-0.2, -0.15) is 0 Å². The highest BCUT2D eigenvalue weighted by atomic mass is 19.1. The molecule has 1 saturated heterocycles. The summed E-state index contributed by atoms with van der Waals surface area (Å²) in [7, 11) is 0. The summed E-state index contributed by atoms with van der Waals surface area (Å²) in [6.07, 6.45) is 2.78. The van der Waals surface area contributed by atoms with Crippen LogP contribution in [0.1, 0.15) is 44.7 Å². The first-order valence-electron chi connectivity index (χ1n) is 7.87. The van der Waals surface area contributed by atoms with E-state index in [1.165, 1.54) is 12.1 Å². The van der Waals surface area contributed by atoms with Gasteiger partial charge >= 0.3 is 0 Å². The van der Waals surface area contributed by atoms with Gasteiger partial charge in [0, 0.05) is 13.0 Å². The lowest BCUT2D eigenvalue weighted by Crippen LogP contribution is -2.36. The number of hydrogen-bond donors (Lipinski definition) is 1. The second-order valence-corrected chi connectivity index (χ2v) is 5.80. The van der Waals surface area contributed by atoms with Crippen LogP contribution >= 0.6 is 0 Å². The molecule has 0 bridgehead atoms. The van der Waals surface area contributed by atoms with Crippen molar-refractivity contribution in [1.82, 2.24) is 10.2 Å². The number of piperidine rings is 1. The number of rotatable bonds is 5. The zero-order valence-electron chi connectivity index (χ0n) is 12.9. The zero-order chi connectivity index (χ0) is 15.2. The van der Waals surface area contributed by atoms with Crippen LogP contribution in [0.25, 0.3) is 0 Å². The molecule has 1 aliphatic rings. The Morgan fingerprint density at radius 1 is 1.33 bits per heavy atom. The van der Waals surface area contributed by atoms with Gasteiger partial charge in [-0.3, -0.25) is 4.79 Å². The average molecular weight is 292 g/mol. The van der Waals surface area contributed by atoms with E-state index in [1.54, 1.807) is 12.1 Å². The molecule has 21 heavy (non-hydrogen) atoms. The van der Waals surface area contributed by atoms with Crippen LogP contribution in [0, 0.1) is 11.7 Å². The second-order valence-electron chi connectivity index (χ2n) is 5.80. The Hall–Kier alpha value is -1.42. The molecule has 0 aromatic heterocycles. The predicted octanol–water partition coefficient (Wildman–Crippen LogP) is 3.12. The summed E-state index contributed by atoms with van der Waals surface area (Å²) in [4.78, 5) is 14.5. The maximum Gasteiger partial charge on any atom is 0.223 e. The maximum absolute atomic E-state index is 13.0. The van der Waals surface area contributed by atoms with Crippen LogP contribution in [0.2, 0.25) is 0 Å². The molecule has 1 aromatic rings. The van der Waals surface area contributed by atoms with Crippen molar-refractivity contribution in [2.45, 2.75) is 39.2 Å². The van der Waals surface area contributed by atoms with E-state index < -0.39 is 0 Å². The Bertz CT molecular complexity index is 454. The number of halogens is 1. The average Bonchev–Trinajstić information content (AvgIpc) is 2.49. The van der Waals surface area contributed by atoms with Crippen LogP contribution in [0.15, 0.2) is 24.3 Å². The van der Waals surface area contributed by atoms with Gasteiger partial charge in [0.05, 0.1) is 6.04 Å². The molecule has 1 N–H and O–H groups in total. The second kappa shape index (κ2) is 7.55. The first-order chi connectivity index (χ1) is 10.1. The summed E-state index contributed by atoms with van der Waals surface area (Å²) in [6, 6.07) is 6.43. The van der Waals surface area contributed by atoms with Crippen LogP contribution in [-0.2, 0) is 4.79 Å². The molecular formula is C17H25FN2O. The van der Waals surface area contributed by atoms with Crippen LogP contribution in [0.5, 0.6) is 0 Å². The van der Waals surface area contributed by atoms with Gasteiger partial charge in [-0.05, 0) is 63.4 Å². The molecule has 1 aliphatic heterocycles. The van der Waals surface area contributed by atoms with E-state index in [1.807, 2.05) is 18.7 Å². The molecule has 0 aliphatic carbocycles. The minimum Gasteiger partial charge on any atom is -0.336 e. The van der Waals surface area contributed by atoms with Crippen molar-refractivity contribution in [1.29, 1.82) is 0 Å². The molecule has 1 amide bonds. The van der Waals surface area contributed by atoms with Gasteiger partial charge < -0.3 is 10.2 Å². The SMILES string of the molecule is CCN(C(=O)CC1CCNCC1)C(C)c1ccc(F)cc1. The predicted molar refractivity (Wildman–Crippen MR) is 82.4 cm³/mol. The largest absolute Gasteiger partial charge is 0.336 e. The van der Waals surface area contributed by atoms with Crippen molar-refractivity contribution in [2.75, 3.05) is 19.6 Å². The Kier molecular flexibility index (Phi) is 5.74. The molecule has 1 aromatic carbocycles. The Morgan fingerprint density at radius 2 is 1.95 bits per heavy atom. The summed E-state index contributed by atoms with van der Waals surface area (Å²) in [5.74, 6) is 0.462. The third kappa shape index (κ3) is 4.27. The first-order valence-corrected chi connectivity index (χ1v) is 7.87. The smallest absolute Gasteiger partial charge is 0.223 e. The number of nitrogens with zero attached hydrogens (tertiary/aromatic N) is 1. The number of carbonyl (C=O) groups is 1. The quantitative estimate of drug-likeness (QED) is 0.904. The van der Waals surface area contributed by atoms with E-state index in [9.17, 15) is 9.18 Å². The van der Waals surface area contributed by atoms with Gasteiger partial charge in [-0.1, -0.05) is 12.1 Å². The summed E-state index contributed by atoms with van der Waals surface area (Å²) in [5.41, 5.74) is 0.983. The normalized spacial score (nSPS) is 17.5. The summed E-state index contributed by atoms with van der Waals surface area (Å²) in [6.45, 7) is 6.72. The molecular weight excluding hydrogens is 267 g/mol. The number of amides is 1. The summed E-state index contributed by atoms with van der Waals surface area (Å²) >= 11 is 0. The van der Waals surface area contributed by atoms with Crippen molar-refractivity contribution >= 4 is 5.91 Å². The van der Waals surface area contributed by atoms with Crippen molar-refractivity contribution < 1.29 is 9.18 Å². The molecule has 1 atom stereocenters. The summed E-state index contributed by atoms with van der Waals surface area (Å²) < 4.78 is 13.0. The van der Waals surface area contributed by atoms with Gasteiger partial charge in [0.1, 0.15) is 5.82 Å². The minimum absolute atomic E-state index is 0.00943. The van der Waals surface area contributed by atoms with Gasteiger partial charge in [-0.15, -0.1) is 0 Å². The third-order valence-electron chi connectivity index (χ3n) is 4.40. The highest BCUT2D eigenvalue weighted by molar-refractivity contribution is 5.77. The Labute approximate surface area is 126 Å². The van der Waals surface area contributed by atoms with Crippen LogP contribution in [0.4, 0.5) is 4.39 Å².